The molecule has 16 heavy (non-hydrogen) atoms. The fraction of sp³-hybridized carbons (Fsp3) is 0.417. The SMILES string of the molecule is CC(CCCl)NC(=O)COc1ccccc1. The molecule has 0 spiro atoms. The molecule has 0 aliphatic carbocycles. The van der Waals surface area contributed by atoms with Crippen LogP contribution in [0, 0.1) is 0 Å². The van der Waals surface area contributed by atoms with Crippen LogP contribution in [0.25, 0.3) is 0 Å². The van der Waals surface area contributed by atoms with Gasteiger partial charge in [0.2, 0.25) is 0 Å². The number of alkyl halides is 1. The topological polar surface area (TPSA) is 38.3 Å². The highest BCUT2D eigenvalue weighted by atomic mass is 35.5. The van der Waals surface area contributed by atoms with Gasteiger partial charge in [-0.3, -0.25) is 4.79 Å². The summed E-state index contributed by atoms with van der Waals surface area (Å²) in [5, 5.41) is 2.80. The summed E-state index contributed by atoms with van der Waals surface area (Å²) >= 11 is 5.57. The number of hydrogen-bond acceptors (Lipinski definition) is 2. The van der Waals surface area contributed by atoms with Crippen LogP contribution >= 0.6 is 11.6 Å². The number of ether oxygens (including phenoxy) is 1. The zero-order valence-electron chi connectivity index (χ0n) is 9.28. The normalized spacial score (nSPS) is 11.9. The Bertz CT molecular complexity index is 316. The van der Waals surface area contributed by atoms with Crippen LogP contribution in [0.15, 0.2) is 30.3 Å². The van der Waals surface area contributed by atoms with Gasteiger partial charge in [0.1, 0.15) is 5.75 Å². The van der Waals surface area contributed by atoms with Gasteiger partial charge >= 0.3 is 0 Å². The molecule has 0 radical (unpaired) electrons. The van der Waals surface area contributed by atoms with Crippen LogP contribution in [-0.2, 0) is 4.79 Å². The highest BCUT2D eigenvalue weighted by molar-refractivity contribution is 6.17. The average Bonchev–Trinajstić information content (AvgIpc) is 2.28. The summed E-state index contributed by atoms with van der Waals surface area (Å²) in [6.45, 7) is 1.96. The van der Waals surface area contributed by atoms with Gasteiger partial charge in [-0.05, 0) is 25.5 Å². The molecule has 0 saturated carbocycles. The molecule has 1 N–H and O–H groups in total. The minimum atomic E-state index is -0.124. The molecular weight excluding hydrogens is 226 g/mol. The molecule has 1 unspecified atom stereocenters. The fourth-order valence-corrected chi connectivity index (χ4v) is 1.55. The monoisotopic (exact) mass is 241 g/mol. The van der Waals surface area contributed by atoms with Crippen molar-refractivity contribution in [1.82, 2.24) is 5.32 Å². The van der Waals surface area contributed by atoms with E-state index in [9.17, 15) is 4.79 Å². The Balaban J connectivity index is 2.25. The lowest BCUT2D eigenvalue weighted by Gasteiger charge is -2.12. The van der Waals surface area contributed by atoms with Crippen molar-refractivity contribution in [1.29, 1.82) is 0 Å². The molecule has 0 bridgehead atoms. The molecule has 1 aromatic carbocycles. The number of rotatable bonds is 6. The second-order valence-corrected chi connectivity index (χ2v) is 3.93. The van der Waals surface area contributed by atoms with Crippen molar-refractivity contribution < 1.29 is 9.53 Å². The molecule has 1 atom stereocenters. The van der Waals surface area contributed by atoms with Crippen molar-refractivity contribution in [2.24, 2.45) is 0 Å². The van der Waals surface area contributed by atoms with Crippen LogP contribution in [0.1, 0.15) is 13.3 Å². The van der Waals surface area contributed by atoms with E-state index in [1.54, 1.807) is 0 Å². The fourth-order valence-electron chi connectivity index (χ4n) is 1.22. The van der Waals surface area contributed by atoms with E-state index in [4.69, 9.17) is 16.3 Å². The van der Waals surface area contributed by atoms with Crippen LogP contribution in [0.3, 0.4) is 0 Å². The minimum absolute atomic E-state index is 0.0383. The van der Waals surface area contributed by atoms with Gasteiger partial charge in [0.15, 0.2) is 6.61 Å². The molecule has 1 amide bonds. The van der Waals surface area contributed by atoms with Gasteiger partial charge in [0, 0.05) is 11.9 Å². The van der Waals surface area contributed by atoms with Crippen molar-refractivity contribution >= 4 is 17.5 Å². The van der Waals surface area contributed by atoms with Crippen LogP contribution in [0.4, 0.5) is 0 Å². The third kappa shape index (κ3) is 5.03. The van der Waals surface area contributed by atoms with Gasteiger partial charge in [-0.2, -0.15) is 0 Å². The van der Waals surface area contributed by atoms with E-state index in [1.807, 2.05) is 37.3 Å². The van der Waals surface area contributed by atoms with E-state index < -0.39 is 0 Å². The Hall–Kier alpha value is -1.22. The van der Waals surface area contributed by atoms with Gasteiger partial charge in [-0.1, -0.05) is 18.2 Å². The van der Waals surface area contributed by atoms with Crippen molar-refractivity contribution in [2.45, 2.75) is 19.4 Å². The van der Waals surface area contributed by atoms with Crippen molar-refractivity contribution in [3.63, 3.8) is 0 Å². The van der Waals surface area contributed by atoms with Crippen molar-refractivity contribution in [2.75, 3.05) is 12.5 Å². The lowest BCUT2D eigenvalue weighted by atomic mass is 10.2. The number of benzene rings is 1. The Morgan fingerprint density at radius 2 is 2.12 bits per heavy atom. The number of carbonyl (C=O) groups is 1. The Labute approximate surface area is 101 Å². The first-order chi connectivity index (χ1) is 7.72. The van der Waals surface area contributed by atoms with Gasteiger partial charge < -0.3 is 10.1 Å². The second-order valence-electron chi connectivity index (χ2n) is 3.55. The van der Waals surface area contributed by atoms with Crippen molar-refractivity contribution in [3.8, 4) is 5.75 Å². The zero-order chi connectivity index (χ0) is 11.8. The Morgan fingerprint density at radius 3 is 2.75 bits per heavy atom. The molecular formula is C12H16ClNO2. The first-order valence-corrected chi connectivity index (χ1v) is 5.79. The summed E-state index contributed by atoms with van der Waals surface area (Å²) in [6, 6.07) is 9.34. The molecule has 0 aliphatic heterocycles. The molecule has 0 heterocycles. The summed E-state index contributed by atoms with van der Waals surface area (Å²) in [5.41, 5.74) is 0. The summed E-state index contributed by atoms with van der Waals surface area (Å²) < 4.78 is 5.30. The lowest BCUT2D eigenvalue weighted by Crippen LogP contribution is -2.36. The third-order valence-electron chi connectivity index (χ3n) is 2.06. The van der Waals surface area contributed by atoms with Crippen LogP contribution in [-0.4, -0.2) is 24.4 Å². The molecule has 1 rings (SSSR count). The van der Waals surface area contributed by atoms with E-state index in [2.05, 4.69) is 5.32 Å². The summed E-state index contributed by atoms with van der Waals surface area (Å²) in [5.74, 6) is 1.12. The van der Waals surface area contributed by atoms with Crippen molar-refractivity contribution in [3.05, 3.63) is 30.3 Å². The summed E-state index contributed by atoms with van der Waals surface area (Å²) in [7, 11) is 0. The Kier molecular flexibility index (Phi) is 5.72. The maximum absolute atomic E-state index is 11.4. The first-order valence-electron chi connectivity index (χ1n) is 5.25. The third-order valence-corrected chi connectivity index (χ3v) is 2.28. The smallest absolute Gasteiger partial charge is 0.258 e. The van der Waals surface area contributed by atoms with Gasteiger partial charge in [0.25, 0.3) is 5.91 Å². The maximum atomic E-state index is 11.4. The number of carbonyl (C=O) groups excluding carboxylic acids is 1. The molecule has 0 saturated heterocycles. The molecule has 0 aliphatic rings. The first kappa shape index (κ1) is 12.8. The summed E-state index contributed by atoms with van der Waals surface area (Å²) in [4.78, 5) is 11.4. The van der Waals surface area contributed by atoms with Gasteiger partial charge in [-0.15, -0.1) is 11.6 Å². The molecule has 88 valence electrons. The van der Waals surface area contributed by atoms with E-state index in [0.29, 0.717) is 11.6 Å². The maximum Gasteiger partial charge on any atom is 0.258 e. The van der Waals surface area contributed by atoms with Crippen LogP contribution < -0.4 is 10.1 Å². The number of hydrogen-bond donors (Lipinski definition) is 1. The second kappa shape index (κ2) is 7.12. The zero-order valence-corrected chi connectivity index (χ0v) is 10.0. The number of amides is 1. The van der Waals surface area contributed by atoms with Crippen LogP contribution in [0.5, 0.6) is 5.75 Å². The minimum Gasteiger partial charge on any atom is -0.484 e. The number of para-hydroxylation sites is 1. The van der Waals surface area contributed by atoms with E-state index in [-0.39, 0.29) is 18.6 Å². The standard InChI is InChI=1S/C12H16ClNO2/c1-10(7-8-13)14-12(15)9-16-11-5-3-2-4-6-11/h2-6,10H,7-9H2,1H3,(H,14,15). The van der Waals surface area contributed by atoms with Gasteiger partial charge in [0.05, 0.1) is 0 Å². The predicted octanol–water partition coefficient (Wildman–Crippen LogP) is 2.20. The number of nitrogens with one attached hydrogen (secondary N) is 1. The average molecular weight is 242 g/mol. The number of halogens is 1. The van der Waals surface area contributed by atoms with E-state index >= 15 is 0 Å². The summed E-state index contributed by atoms with van der Waals surface area (Å²) in [6.07, 6.45) is 0.763. The highest BCUT2D eigenvalue weighted by Crippen LogP contribution is 2.07. The Morgan fingerprint density at radius 1 is 1.44 bits per heavy atom. The van der Waals surface area contributed by atoms with E-state index in [0.717, 1.165) is 6.42 Å². The lowest BCUT2D eigenvalue weighted by molar-refractivity contribution is -0.123. The van der Waals surface area contributed by atoms with E-state index in [1.165, 1.54) is 0 Å². The highest BCUT2D eigenvalue weighted by Gasteiger charge is 2.06. The molecule has 0 fully saturated rings. The molecule has 4 heteroatoms. The molecule has 1 aromatic rings. The van der Waals surface area contributed by atoms with Crippen LogP contribution in [0.2, 0.25) is 0 Å². The predicted molar refractivity (Wildman–Crippen MR) is 64.9 cm³/mol. The molecule has 0 aromatic heterocycles. The quantitative estimate of drug-likeness (QED) is 0.776. The largest absolute Gasteiger partial charge is 0.484 e. The molecule has 3 nitrogen and oxygen atoms in total. The van der Waals surface area contributed by atoms with Gasteiger partial charge in [-0.25, -0.2) is 0 Å².